The van der Waals surface area contributed by atoms with Crippen molar-refractivity contribution in [3.05, 3.63) is 12.1 Å². The van der Waals surface area contributed by atoms with Gasteiger partial charge in [-0.05, 0) is 6.42 Å². The van der Waals surface area contributed by atoms with E-state index in [0.29, 0.717) is 42.5 Å². The monoisotopic (exact) mass is 278 g/mol. The minimum atomic E-state index is -0.00974. The fourth-order valence-corrected chi connectivity index (χ4v) is 2.14. The van der Waals surface area contributed by atoms with Gasteiger partial charge < -0.3 is 20.5 Å². The van der Waals surface area contributed by atoms with Gasteiger partial charge >= 0.3 is 0 Å². The number of benzene rings is 1. The van der Waals surface area contributed by atoms with E-state index >= 15 is 0 Å². The summed E-state index contributed by atoms with van der Waals surface area (Å²) in [7, 11) is 0. The second-order valence-corrected chi connectivity index (χ2v) is 4.94. The summed E-state index contributed by atoms with van der Waals surface area (Å²) in [6.45, 7) is 3.19. The van der Waals surface area contributed by atoms with Crippen LogP contribution in [0, 0.1) is 0 Å². The number of unbranched alkanes of at least 4 members (excludes halogenated alkanes) is 3. The maximum absolute atomic E-state index is 11.9. The zero-order chi connectivity index (χ0) is 14.4. The van der Waals surface area contributed by atoms with Crippen LogP contribution in [0.1, 0.15) is 39.0 Å². The fraction of sp³-hybridized carbons (Fsp3) is 0.533. The maximum atomic E-state index is 11.9. The van der Waals surface area contributed by atoms with E-state index in [1.807, 2.05) is 0 Å². The first kappa shape index (κ1) is 14.5. The molecule has 1 aromatic rings. The van der Waals surface area contributed by atoms with E-state index in [4.69, 9.17) is 15.2 Å². The van der Waals surface area contributed by atoms with Gasteiger partial charge in [0.25, 0.3) is 0 Å². The highest BCUT2D eigenvalue weighted by Crippen LogP contribution is 2.36. The third kappa shape index (κ3) is 3.79. The third-order valence-electron chi connectivity index (χ3n) is 3.25. The zero-order valence-electron chi connectivity index (χ0n) is 11.9. The van der Waals surface area contributed by atoms with E-state index in [1.54, 1.807) is 12.1 Å². The molecule has 110 valence electrons. The number of anilines is 2. The quantitative estimate of drug-likeness (QED) is 0.620. The van der Waals surface area contributed by atoms with Gasteiger partial charge in [0.15, 0.2) is 11.5 Å². The van der Waals surface area contributed by atoms with Crippen LogP contribution in [0.25, 0.3) is 0 Å². The Bertz CT molecular complexity index is 474. The van der Waals surface area contributed by atoms with E-state index < -0.39 is 0 Å². The van der Waals surface area contributed by atoms with Gasteiger partial charge in [-0.25, -0.2) is 0 Å². The van der Waals surface area contributed by atoms with Crippen LogP contribution >= 0.6 is 0 Å². The average molecular weight is 278 g/mol. The van der Waals surface area contributed by atoms with Gasteiger partial charge in [0.1, 0.15) is 13.2 Å². The number of rotatable bonds is 6. The molecule has 0 aromatic heterocycles. The minimum absolute atomic E-state index is 0.00974. The molecule has 5 nitrogen and oxygen atoms in total. The van der Waals surface area contributed by atoms with Gasteiger partial charge in [-0.2, -0.15) is 0 Å². The van der Waals surface area contributed by atoms with Crippen molar-refractivity contribution in [2.75, 3.05) is 24.3 Å². The summed E-state index contributed by atoms with van der Waals surface area (Å²) in [6.07, 6.45) is 4.84. The molecule has 1 aliphatic rings. The molecule has 1 aliphatic heterocycles. The largest absolute Gasteiger partial charge is 0.486 e. The third-order valence-corrected chi connectivity index (χ3v) is 3.25. The van der Waals surface area contributed by atoms with Crippen molar-refractivity contribution in [2.24, 2.45) is 0 Å². The van der Waals surface area contributed by atoms with E-state index in [9.17, 15) is 4.79 Å². The summed E-state index contributed by atoms with van der Waals surface area (Å²) >= 11 is 0. The molecular formula is C15H22N2O3. The second-order valence-electron chi connectivity index (χ2n) is 4.94. The second kappa shape index (κ2) is 7.03. The molecule has 0 bridgehead atoms. The number of ether oxygens (including phenoxy) is 2. The summed E-state index contributed by atoms with van der Waals surface area (Å²) in [5.41, 5.74) is 7.01. The van der Waals surface area contributed by atoms with Crippen LogP contribution in [-0.2, 0) is 4.79 Å². The Morgan fingerprint density at radius 2 is 1.90 bits per heavy atom. The standard InChI is InChI=1S/C15H22N2O3/c1-2-3-4-5-6-15(18)17-12-10-14-13(9-11(12)16)19-7-8-20-14/h9-10H,2-8,16H2,1H3,(H,17,18). The molecule has 1 amide bonds. The summed E-state index contributed by atoms with van der Waals surface area (Å²) in [5.74, 6) is 1.26. The highest BCUT2D eigenvalue weighted by atomic mass is 16.6. The van der Waals surface area contributed by atoms with Gasteiger partial charge in [0.2, 0.25) is 5.91 Å². The van der Waals surface area contributed by atoms with Gasteiger partial charge in [-0.15, -0.1) is 0 Å². The molecule has 0 spiro atoms. The number of nitrogen functional groups attached to an aromatic ring is 1. The Morgan fingerprint density at radius 3 is 2.60 bits per heavy atom. The number of amides is 1. The van der Waals surface area contributed by atoms with Crippen molar-refractivity contribution in [2.45, 2.75) is 39.0 Å². The molecular weight excluding hydrogens is 256 g/mol. The van der Waals surface area contributed by atoms with Crippen molar-refractivity contribution >= 4 is 17.3 Å². The van der Waals surface area contributed by atoms with Crippen molar-refractivity contribution in [3.63, 3.8) is 0 Å². The number of hydrogen-bond acceptors (Lipinski definition) is 4. The molecule has 0 atom stereocenters. The summed E-state index contributed by atoms with van der Waals surface area (Å²) in [5, 5.41) is 2.84. The molecule has 3 N–H and O–H groups in total. The van der Waals surface area contributed by atoms with Crippen LogP contribution in [0.5, 0.6) is 11.5 Å². The molecule has 0 saturated heterocycles. The highest BCUT2D eigenvalue weighted by molar-refractivity contribution is 5.94. The lowest BCUT2D eigenvalue weighted by Gasteiger charge is -2.20. The van der Waals surface area contributed by atoms with Crippen molar-refractivity contribution in [1.29, 1.82) is 0 Å². The molecule has 2 rings (SSSR count). The Labute approximate surface area is 119 Å². The number of hydrogen-bond donors (Lipinski definition) is 2. The lowest BCUT2D eigenvalue weighted by molar-refractivity contribution is -0.116. The van der Waals surface area contributed by atoms with E-state index in [1.165, 1.54) is 6.42 Å². The van der Waals surface area contributed by atoms with E-state index in [2.05, 4.69) is 12.2 Å². The van der Waals surface area contributed by atoms with Gasteiger partial charge in [0, 0.05) is 18.6 Å². The topological polar surface area (TPSA) is 73.6 Å². The maximum Gasteiger partial charge on any atom is 0.224 e. The van der Waals surface area contributed by atoms with Crippen molar-refractivity contribution in [3.8, 4) is 11.5 Å². The molecule has 1 aromatic carbocycles. The molecule has 0 radical (unpaired) electrons. The van der Waals surface area contributed by atoms with Crippen LogP contribution < -0.4 is 20.5 Å². The van der Waals surface area contributed by atoms with Gasteiger partial charge in [-0.1, -0.05) is 26.2 Å². The molecule has 0 fully saturated rings. The van der Waals surface area contributed by atoms with Gasteiger partial charge in [-0.3, -0.25) is 4.79 Å². The normalized spacial score (nSPS) is 13.1. The molecule has 5 heteroatoms. The van der Waals surface area contributed by atoms with Crippen molar-refractivity contribution in [1.82, 2.24) is 0 Å². The summed E-state index contributed by atoms with van der Waals surface area (Å²) in [4.78, 5) is 11.9. The lowest BCUT2D eigenvalue weighted by Crippen LogP contribution is -2.17. The Hall–Kier alpha value is -1.91. The first-order valence-corrected chi connectivity index (χ1v) is 7.19. The van der Waals surface area contributed by atoms with Gasteiger partial charge in [0.05, 0.1) is 11.4 Å². The van der Waals surface area contributed by atoms with Crippen molar-refractivity contribution < 1.29 is 14.3 Å². The smallest absolute Gasteiger partial charge is 0.224 e. The zero-order valence-corrected chi connectivity index (χ0v) is 11.9. The number of nitrogens with two attached hydrogens (primary N) is 1. The average Bonchev–Trinajstić information content (AvgIpc) is 2.44. The first-order chi connectivity index (χ1) is 9.70. The predicted octanol–water partition coefficient (Wildman–Crippen LogP) is 2.95. The lowest BCUT2D eigenvalue weighted by atomic mass is 10.1. The summed E-state index contributed by atoms with van der Waals surface area (Å²) in [6, 6.07) is 3.43. The molecule has 0 unspecified atom stereocenters. The molecule has 0 saturated carbocycles. The number of carbonyl (C=O) groups excluding carboxylic acids is 1. The minimum Gasteiger partial charge on any atom is -0.486 e. The van der Waals surface area contributed by atoms with E-state index in [-0.39, 0.29) is 5.91 Å². The van der Waals surface area contributed by atoms with Crippen LogP contribution in [0.15, 0.2) is 12.1 Å². The predicted molar refractivity (Wildman–Crippen MR) is 79.2 cm³/mol. The Kier molecular flexibility index (Phi) is 5.09. The molecule has 0 aliphatic carbocycles. The van der Waals surface area contributed by atoms with Crippen LogP contribution in [0.4, 0.5) is 11.4 Å². The van der Waals surface area contributed by atoms with Crippen LogP contribution in [0.2, 0.25) is 0 Å². The Morgan fingerprint density at radius 1 is 1.20 bits per heavy atom. The SMILES string of the molecule is CCCCCCC(=O)Nc1cc2c(cc1N)OCCO2. The number of fused-ring (bicyclic) bond motifs is 1. The highest BCUT2D eigenvalue weighted by Gasteiger charge is 2.15. The first-order valence-electron chi connectivity index (χ1n) is 7.19. The molecule has 1 heterocycles. The van der Waals surface area contributed by atoms with Crippen LogP contribution in [0.3, 0.4) is 0 Å². The number of carbonyl (C=O) groups is 1. The van der Waals surface area contributed by atoms with Crippen LogP contribution in [-0.4, -0.2) is 19.1 Å². The van der Waals surface area contributed by atoms with E-state index in [0.717, 1.165) is 19.3 Å². The number of nitrogens with one attached hydrogen (secondary N) is 1. The summed E-state index contributed by atoms with van der Waals surface area (Å²) < 4.78 is 10.9. The molecule has 20 heavy (non-hydrogen) atoms. The fourth-order valence-electron chi connectivity index (χ4n) is 2.14. The Balaban J connectivity index is 1.93.